The van der Waals surface area contributed by atoms with E-state index in [1.807, 2.05) is 43.3 Å². The van der Waals surface area contributed by atoms with E-state index in [0.29, 0.717) is 56.8 Å². The Morgan fingerprint density at radius 2 is 1.63 bits per heavy atom. The molecule has 0 atom stereocenters. The number of amides is 1. The Morgan fingerprint density at radius 1 is 0.878 bits per heavy atom. The number of benzene rings is 4. The molecule has 0 heterocycles. The normalized spacial score (nSPS) is 11.0. The van der Waals surface area contributed by atoms with Crippen LogP contribution in [0.4, 0.5) is 5.69 Å². The molecule has 0 aromatic heterocycles. The summed E-state index contributed by atoms with van der Waals surface area (Å²) in [6.45, 7) is 2.78. The second-order valence-electron chi connectivity index (χ2n) is 8.71. The van der Waals surface area contributed by atoms with Gasteiger partial charge in [0, 0.05) is 21.3 Å². The largest absolute Gasteiger partial charge is 0.490 e. The quantitative estimate of drug-likeness (QED) is 0.136. The maximum Gasteiger partial charge on any atom is 0.266 e. The summed E-state index contributed by atoms with van der Waals surface area (Å²) in [5.41, 5.74) is 2.66. The fourth-order valence-electron chi connectivity index (χ4n) is 3.75. The fraction of sp³-hybridized carbons (Fsp3) is 0.125. The smallest absolute Gasteiger partial charge is 0.266 e. The Bertz CT molecular complexity index is 1580. The third-order valence-corrected chi connectivity index (χ3v) is 6.62. The van der Waals surface area contributed by atoms with Crippen LogP contribution in [-0.4, -0.2) is 12.5 Å². The van der Waals surface area contributed by atoms with Crippen LogP contribution in [0.1, 0.15) is 23.6 Å². The molecule has 4 rings (SSSR count). The number of rotatable bonds is 11. The monoisotopic (exact) mass is 606 g/mol. The lowest BCUT2D eigenvalue weighted by Crippen LogP contribution is -2.13. The number of nitrogens with zero attached hydrogens (tertiary/aromatic N) is 1. The standard InChI is InChI=1S/C32H25Cl3N2O4/c1-2-39-30-16-22(15-29(35)31(30)41-19-21-6-4-3-5-7-21)14-24(18-36)32(38)37-26-10-12-27(13-11-26)40-20-23-8-9-25(33)17-28(23)34/h3-17H,2,19-20H2,1H3,(H,37,38)/b24-14+. The van der Waals surface area contributed by atoms with Crippen LogP contribution < -0.4 is 19.5 Å². The van der Waals surface area contributed by atoms with Crippen molar-refractivity contribution in [3.63, 3.8) is 0 Å². The minimum Gasteiger partial charge on any atom is -0.490 e. The van der Waals surface area contributed by atoms with Crippen LogP contribution in [0.3, 0.4) is 0 Å². The van der Waals surface area contributed by atoms with Gasteiger partial charge in [-0.2, -0.15) is 5.26 Å². The van der Waals surface area contributed by atoms with Crippen LogP contribution in [0, 0.1) is 11.3 Å². The minimum atomic E-state index is -0.576. The first-order valence-electron chi connectivity index (χ1n) is 12.6. The second-order valence-corrected chi connectivity index (χ2v) is 9.96. The van der Waals surface area contributed by atoms with Crippen molar-refractivity contribution in [1.29, 1.82) is 5.26 Å². The van der Waals surface area contributed by atoms with Crippen LogP contribution in [0.5, 0.6) is 17.2 Å². The molecule has 0 bridgehead atoms. The lowest BCUT2D eigenvalue weighted by molar-refractivity contribution is -0.112. The summed E-state index contributed by atoms with van der Waals surface area (Å²) in [6, 6.07) is 26.9. The van der Waals surface area contributed by atoms with Crippen LogP contribution >= 0.6 is 34.8 Å². The summed E-state index contributed by atoms with van der Waals surface area (Å²) in [6.07, 6.45) is 1.44. The predicted molar refractivity (Wildman–Crippen MR) is 163 cm³/mol. The zero-order valence-corrected chi connectivity index (χ0v) is 24.3. The number of nitrogens with one attached hydrogen (secondary N) is 1. The molecule has 0 aliphatic rings. The molecular weight excluding hydrogens is 583 g/mol. The van der Waals surface area contributed by atoms with Gasteiger partial charge in [0.2, 0.25) is 0 Å². The first kappa shape index (κ1) is 29.8. The lowest BCUT2D eigenvalue weighted by atomic mass is 10.1. The van der Waals surface area contributed by atoms with Crippen LogP contribution in [0.25, 0.3) is 6.08 Å². The molecule has 0 radical (unpaired) electrons. The highest BCUT2D eigenvalue weighted by Gasteiger charge is 2.15. The average molecular weight is 608 g/mol. The summed E-state index contributed by atoms with van der Waals surface area (Å²) in [7, 11) is 0. The zero-order chi connectivity index (χ0) is 29.2. The van der Waals surface area contributed by atoms with Gasteiger partial charge in [0.1, 0.15) is 30.6 Å². The van der Waals surface area contributed by atoms with Gasteiger partial charge in [0.15, 0.2) is 11.5 Å². The molecule has 0 fully saturated rings. The maximum atomic E-state index is 12.9. The van der Waals surface area contributed by atoms with E-state index in [0.717, 1.165) is 11.1 Å². The van der Waals surface area contributed by atoms with Gasteiger partial charge in [-0.15, -0.1) is 0 Å². The van der Waals surface area contributed by atoms with E-state index < -0.39 is 5.91 Å². The van der Waals surface area contributed by atoms with Gasteiger partial charge in [0.05, 0.1) is 11.6 Å². The van der Waals surface area contributed by atoms with Crippen molar-refractivity contribution in [3.05, 3.63) is 122 Å². The van der Waals surface area contributed by atoms with Crippen molar-refractivity contribution in [2.45, 2.75) is 20.1 Å². The highest BCUT2D eigenvalue weighted by molar-refractivity contribution is 6.35. The molecule has 0 spiro atoms. The third-order valence-electron chi connectivity index (χ3n) is 5.76. The molecule has 208 valence electrons. The molecule has 41 heavy (non-hydrogen) atoms. The molecule has 0 saturated carbocycles. The number of hydrogen-bond donors (Lipinski definition) is 1. The first-order valence-corrected chi connectivity index (χ1v) is 13.7. The number of carbonyl (C=O) groups is 1. The highest BCUT2D eigenvalue weighted by Crippen LogP contribution is 2.38. The Balaban J connectivity index is 1.43. The van der Waals surface area contributed by atoms with E-state index in [1.165, 1.54) is 6.08 Å². The van der Waals surface area contributed by atoms with Crippen LogP contribution in [0.2, 0.25) is 15.1 Å². The summed E-state index contributed by atoms with van der Waals surface area (Å²) in [4.78, 5) is 12.9. The first-order chi connectivity index (χ1) is 19.9. The number of anilines is 1. The van der Waals surface area contributed by atoms with Gasteiger partial charge in [-0.25, -0.2) is 0 Å². The van der Waals surface area contributed by atoms with Gasteiger partial charge in [0.25, 0.3) is 5.91 Å². The van der Waals surface area contributed by atoms with Gasteiger partial charge in [-0.3, -0.25) is 4.79 Å². The topological polar surface area (TPSA) is 80.6 Å². The van der Waals surface area contributed by atoms with Gasteiger partial charge < -0.3 is 19.5 Å². The van der Waals surface area contributed by atoms with Crippen LogP contribution in [0.15, 0.2) is 90.5 Å². The van der Waals surface area contributed by atoms with Crippen molar-refractivity contribution in [2.75, 3.05) is 11.9 Å². The molecule has 0 aliphatic heterocycles. The van der Waals surface area contributed by atoms with E-state index >= 15 is 0 Å². The Morgan fingerprint density at radius 3 is 2.32 bits per heavy atom. The average Bonchev–Trinajstić information content (AvgIpc) is 2.96. The molecule has 1 N–H and O–H groups in total. The van der Waals surface area contributed by atoms with Crippen LogP contribution in [-0.2, 0) is 18.0 Å². The molecule has 4 aromatic carbocycles. The number of nitriles is 1. The Labute approximate surface area is 253 Å². The van der Waals surface area contributed by atoms with E-state index in [-0.39, 0.29) is 12.2 Å². The molecule has 0 unspecified atom stereocenters. The third kappa shape index (κ3) is 8.42. The van der Waals surface area contributed by atoms with Crippen molar-refractivity contribution in [1.82, 2.24) is 0 Å². The summed E-state index contributed by atoms with van der Waals surface area (Å²) < 4.78 is 17.5. The predicted octanol–water partition coefficient (Wildman–Crippen LogP) is 8.75. The molecule has 0 saturated heterocycles. The van der Waals surface area contributed by atoms with Crippen molar-refractivity contribution in [3.8, 4) is 23.3 Å². The minimum absolute atomic E-state index is 0.112. The highest BCUT2D eigenvalue weighted by atomic mass is 35.5. The molecule has 6 nitrogen and oxygen atoms in total. The molecule has 4 aromatic rings. The second kappa shape index (κ2) is 14.5. The van der Waals surface area contributed by atoms with E-state index in [1.54, 1.807) is 54.6 Å². The van der Waals surface area contributed by atoms with E-state index in [9.17, 15) is 10.1 Å². The molecular formula is C32H25Cl3N2O4. The molecule has 1 amide bonds. The van der Waals surface area contributed by atoms with Crippen molar-refractivity contribution >= 4 is 52.5 Å². The Hall–Kier alpha value is -4.15. The van der Waals surface area contributed by atoms with E-state index in [2.05, 4.69) is 5.32 Å². The fourth-order valence-corrected chi connectivity index (χ4v) is 4.49. The number of halogens is 3. The van der Waals surface area contributed by atoms with Gasteiger partial charge >= 0.3 is 0 Å². The van der Waals surface area contributed by atoms with Gasteiger partial charge in [-0.05, 0) is 72.7 Å². The molecule has 9 heteroatoms. The zero-order valence-electron chi connectivity index (χ0n) is 22.0. The summed E-state index contributed by atoms with van der Waals surface area (Å²) >= 11 is 18.7. The summed E-state index contributed by atoms with van der Waals surface area (Å²) in [5, 5.41) is 13.8. The Kier molecular flexibility index (Phi) is 10.5. The van der Waals surface area contributed by atoms with Gasteiger partial charge in [-0.1, -0.05) is 71.2 Å². The number of ether oxygens (including phenoxy) is 3. The SMILES string of the molecule is CCOc1cc(/C=C(\C#N)C(=O)Nc2ccc(OCc3ccc(Cl)cc3Cl)cc2)cc(Cl)c1OCc1ccccc1. The van der Waals surface area contributed by atoms with E-state index in [4.69, 9.17) is 49.0 Å². The number of hydrogen-bond acceptors (Lipinski definition) is 5. The molecule has 0 aliphatic carbocycles. The van der Waals surface area contributed by atoms with Crippen molar-refractivity contribution in [2.24, 2.45) is 0 Å². The maximum absolute atomic E-state index is 12.9. The number of carbonyl (C=O) groups excluding carboxylic acids is 1. The van der Waals surface area contributed by atoms with Crippen molar-refractivity contribution < 1.29 is 19.0 Å². The lowest BCUT2D eigenvalue weighted by Gasteiger charge is -2.15. The summed E-state index contributed by atoms with van der Waals surface area (Å²) in [5.74, 6) is 0.804.